The molecule has 2 aliphatic carbocycles. The molecule has 0 bridgehead atoms. The van der Waals surface area contributed by atoms with Crippen molar-refractivity contribution in [2.45, 2.75) is 51.0 Å². The Bertz CT molecular complexity index is 231. The SMILES string of the molecule is Cl.NCC1CCCCC1NC(=O)C1CCC1. The van der Waals surface area contributed by atoms with Gasteiger partial charge in [-0.05, 0) is 38.1 Å². The van der Waals surface area contributed by atoms with Crippen molar-refractivity contribution < 1.29 is 4.79 Å². The van der Waals surface area contributed by atoms with Gasteiger partial charge in [-0.1, -0.05) is 19.3 Å². The molecule has 0 spiro atoms. The summed E-state index contributed by atoms with van der Waals surface area (Å²) in [6.07, 6.45) is 8.23. The number of hydrogen-bond acceptors (Lipinski definition) is 2. The first kappa shape index (κ1) is 13.8. The molecule has 2 rings (SSSR count). The van der Waals surface area contributed by atoms with Gasteiger partial charge in [-0.3, -0.25) is 4.79 Å². The molecule has 0 aliphatic heterocycles. The van der Waals surface area contributed by atoms with Gasteiger partial charge in [-0.15, -0.1) is 12.4 Å². The molecule has 0 aromatic rings. The van der Waals surface area contributed by atoms with Gasteiger partial charge in [-0.2, -0.15) is 0 Å². The lowest BCUT2D eigenvalue weighted by molar-refractivity contribution is -0.128. The summed E-state index contributed by atoms with van der Waals surface area (Å²) in [5.74, 6) is 1.11. The molecule has 0 heterocycles. The van der Waals surface area contributed by atoms with E-state index in [2.05, 4.69) is 5.32 Å². The average Bonchev–Trinajstić information content (AvgIpc) is 2.15. The van der Waals surface area contributed by atoms with Crippen LogP contribution in [-0.2, 0) is 4.79 Å². The Balaban J connectivity index is 0.00000128. The van der Waals surface area contributed by atoms with Crippen molar-refractivity contribution in [2.75, 3.05) is 6.54 Å². The fourth-order valence-electron chi connectivity index (χ4n) is 2.65. The monoisotopic (exact) mass is 246 g/mol. The van der Waals surface area contributed by atoms with Crippen LogP contribution in [0.4, 0.5) is 0 Å². The van der Waals surface area contributed by atoms with Crippen molar-refractivity contribution in [3.05, 3.63) is 0 Å². The number of amides is 1. The normalized spacial score (nSPS) is 30.1. The summed E-state index contributed by atoms with van der Waals surface area (Å²) < 4.78 is 0. The van der Waals surface area contributed by atoms with Gasteiger partial charge in [0, 0.05) is 12.0 Å². The zero-order valence-electron chi connectivity index (χ0n) is 9.78. The van der Waals surface area contributed by atoms with Crippen LogP contribution in [0.25, 0.3) is 0 Å². The van der Waals surface area contributed by atoms with Crippen molar-refractivity contribution in [1.82, 2.24) is 5.32 Å². The molecule has 2 fully saturated rings. The number of nitrogens with one attached hydrogen (secondary N) is 1. The summed E-state index contributed by atoms with van der Waals surface area (Å²) in [7, 11) is 0. The van der Waals surface area contributed by atoms with Gasteiger partial charge in [0.2, 0.25) is 5.91 Å². The molecule has 3 nitrogen and oxygen atoms in total. The maximum atomic E-state index is 11.8. The quantitative estimate of drug-likeness (QED) is 0.799. The van der Waals surface area contributed by atoms with Crippen molar-refractivity contribution in [2.24, 2.45) is 17.6 Å². The molecule has 16 heavy (non-hydrogen) atoms. The summed E-state index contributed by atoms with van der Waals surface area (Å²) in [5.41, 5.74) is 5.74. The third kappa shape index (κ3) is 3.11. The minimum Gasteiger partial charge on any atom is -0.353 e. The molecule has 0 aromatic carbocycles. The molecule has 2 saturated carbocycles. The predicted octanol–water partition coefficient (Wildman–Crippen LogP) is 1.84. The number of halogens is 1. The maximum Gasteiger partial charge on any atom is 0.223 e. The standard InChI is InChI=1S/C12H22N2O.ClH/c13-8-10-4-1-2-7-11(10)14-12(15)9-5-3-6-9;/h9-11H,1-8,13H2,(H,14,15);1H. The van der Waals surface area contributed by atoms with Crippen LogP contribution >= 0.6 is 12.4 Å². The molecule has 0 saturated heterocycles. The van der Waals surface area contributed by atoms with Crippen LogP contribution < -0.4 is 11.1 Å². The van der Waals surface area contributed by atoms with Gasteiger partial charge in [-0.25, -0.2) is 0 Å². The lowest BCUT2D eigenvalue weighted by atomic mass is 9.81. The van der Waals surface area contributed by atoms with Gasteiger partial charge in [0.25, 0.3) is 0 Å². The Kier molecular flexibility index (Phi) is 5.56. The lowest BCUT2D eigenvalue weighted by Gasteiger charge is -2.34. The second-order valence-electron chi connectivity index (χ2n) is 5.02. The Morgan fingerprint density at radius 3 is 2.38 bits per heavy atom. The summed E-state index contributed by atoms with van der Waals surface area (Å²) in [4.78, 5) is 11.8. The molecule has 0 radical (unpaired) electrons. The Labute approximate surface area is 104 Å². The molecule has 2 aliphatic rings. The van der Waals surface area contributed by atoms with Gasteiger partial charge < -0.3 is 11.1 Å². The first-order valence-electron chi connectivity index (χ1n) is 6.31. The number of carbonyl (C=O) groups excluding carboxylic acids is 1. The molecule has 2 unspecified atom stereocenters. The largest absolute Gasteiger partial charge is 0.353 e. The van der Waals surface area contributed by atoms with Crippen molar-refractivity contribution in [3.63, 3.8) is 0 Å². The number of hydrogen-bond donors (Lipinski definition) is 2. The van der Waals surface area contributed by atoms with E-state index >= 15 is 0 Å². The summed E-state index contributed by atoms with van der Waals surface area (Å²) in [5, 5.41) is 3.20. The Morgan fingerprint density at radius 2 is 1.81 bits per heavy atom. The molecular weight excluding hydrogens is 224 g/mol. The van der Waals surface area contributed by atoms with E-state index in [1.165, 1.54) is 25.7 Å². The molecule has 2 atom stereocenters. The fraction of sp³-hybridized carbons (Fsp3) is 0.917. The van der Waals surface area contributed by atoms with Gasteiger partial charge in [0.1, 0.15) is 0 Å². The third-order valence-corrected chi connectivity index (χ3v) is 4.02. The second-order valence-corrected chi connectivity index (χ2v) is 5.02. The van der Waals surface area contributed by atoms with Crippen LogP contribution in [0.5, 0.6) is 0 Å². The molecule has 1 amide bonds. The highest BCUT2D eigenvalue weighted by Crippen LogP contribution is 2.28. The highest BCUT2D eigenvalue weighted by Gasteiger charge is 2.30. The second kappa shape index (κ2) is 6.45. The number of nitrogens with two attached hydrogens (primary N) is 1. The van der Waals surface area contributed by atoms with E-state index in [1.807, 2.05) is 0 Å². The zero-order valence-corrected chi connectivity index (χ0v) is 10.6. The summed E-state index contributed by atoms with van der Waals surface area (Å²) in [6.45, 7) is 0.718. The van der Waals surface area contributed by atoms with E-state index in [0.717, 1.165) is 25.8 Å². The smallest absolute Gasteiger partial charge is 0.223 e. The minimum absolute atomic E-state index is 0. The van der Waals surface area contributed by atoms with Gasteiger partial charge in [0.05, 0.1) is 0 Å². The Morgan fingerprint density at radius 1 is 1.12 bits per heavy atom. The van der Waals surface area contributed by atoms with Crippen LogP contribution in [0, 0.1) is 11.8 Å². The highest BCUT2D eigenvalue weighted by molar-refractivity contribution is 5.85. The van der Waals surface area contributed by atoms with Gasteiger partial charge >= 0.3 is 0 Å². The van der Waals surface area contributed by atoms with E-state index in [1.54, 1.807) is 0 Å². The topological polar surface area (TPSA) is 55.1 Å². The van der Waals surface area contributed by atoms with Crippen LogP contribution in [0.3, 0.4) is 0 Å². The van der Waals surface area contributed by atoms with E-state index in [9.17, 15) is 4.79 Å². The van der Waals surface area contributed by atoms with Crippen LogP contribution in [0.1, 0.15) is 44.9 Å². The maximum absolute atomic E-state index is 11.8. The summed E-state index contributed by atoms with van der Waals surface area (Å²) in [6, 6.07) is 0.358. The third-order valence-electron chi connectivity index (χ3n) is 4.02. The minimum atomic E-state index is 0. The molecule has 4 heteroatoms. The molecular formula is C12H23ClN2O. The van der Waals surface area contributed by atoms with Crippen LogP contribution in [-0.4, -0.2) is 18.5 Å². The average molecular weight is 247 g/mol. The molecule has 3 N–H and O–H groups in total. The summed E-state index contributed by atoms with van der Waals surface area (Å²) >= 11 is 0. The van der Waals surface area contributed by atoms with Crippen molar-refractivity contribution in [3.8, 4) is 0 Å². The highest BCUT2D eigenvalue weighted by atomic mass is 35.5. The number of rotatable bonds is 3. The lowest BCUT2D eigenvalue weighted by Crippen LogP contribution is -2.47. The predicted molar refractivity (Wildman–Crippen MR) is 67.5 cm³/mol. The number of carbonyl (C=O) groups is 1. The van der Waals surface area contributed by atoms with Crippen molar-refractivity contribution in [1.29, 1.82) is 0 Å². The van der Waals surface area contributed by atoms with E-state index in [0.29, 0.717) is 17.9 Å². The molecule has 94 valence electrons. The van der Waals surface area contributed by atoms with E-state index in [4.69, 9.17) is 5.73 Å². The van der Waals surface area contributed by atoms with Crippen LogP contribution in [0.15, 0.2) is 0 Å². The van der Waals surface area contributed by atoms with E-state index < -0.39 is 0 Å². The fourth-order valence-corrected chi connectivity index (χ4v) is 2.65. The zero-order chi connectivity index (χ0) is 10.7. The first-order valence-corrected chi connectivity index (χ1v) is 6.31. The van der Waals surface area contributed by atoms with E-state index in [-0.39, 0.29) is 18.3 Å². The Hall–Kier alpha value is -0.280. The van der Waals surface area contributed by atoms with Crippen molar-refractivity contribution >= 4 is 18.3 Å². The first-order chi connectivity index (χ1) is 7.31. The van der Waals surface area contributed by atoms with Gasteiger partial charge in [0.15, 0.2) is 0 Å². The van der Waals surface area contributed by atoms with Crippen LogP contribution in [0.2, 0.25) is 0 Å². The molecule has 0 aromatic heterocycles.